The minimum atomic E-state index is -1.09. The van der Waals surface area contributed by atoms with Crippen molar-refractivity contribution < 1.29 is 38.1 Å². The molecular formula is C14H20O8. The smallest absolute Gasteiger partial charge is 0.347 e. The van der Waals surface area contributed by atoms with E-state index in [-0.39, 0.29) is 13.2 Å². The summed E-state index contributed by atoms with van der Waals surface area (Å²) in [5, 5.41) is 0. The van der Waals surface area contributed by atoms with Crippen LogP contribution < -0.4 is 0 Å². The SMILES string of the molecule is CCOC(=O)C(C)OC(=O)/C=C\C(=O)OC(C)C(=O)OCC. The van der Waals surface area contributed by atoms with Gasteiger partial charge in [-0.1, -0.05) is 0 Å². The van der Waals surface area contributed by atoms with Crippen molar-refractivity contribution in [2.24, 2.45) is 0 Å². The monoisotopic (exact) mass is 316 g/mol. The van der Waals surface area contributed by atoms with Crippen molar-refractivity contribution in [2.45, 2.75) is 39.9 Å². The zero-order valence-corrected chi connectivity index (χ0v) is 13.0. The molecule has 0 aliphatic rings. The number of ether oxygens (including phenoxy) is 4. The summed E-state index contributed by atoms with van der Waals surface area (Å²) in [5.74, 6) is -3.21. The summed E-state index contributed by atoms with van der Waals surface area (Å²) in [5.41, 5.74) is 0. The summed E-state index contributed by atoms with van der Waals surface area (Å²) in [6.45, 7) is 6.24. The van der Waals surface area contributed by atoms with Crippen LogP contribution in [0.5, 0.6) is 0 Å². The van der Waals surface area contributed by atoms with Gasteiger partial charge in [-0.05, 0) is 27.7 Å². The molecular weight excluding hydrogens is 296 g/mol. The molecule has 0 N–H and O–H groups in total. The highest BCUT2D eigenvalue weighted by Crippen LogP contribution is 1.99. The number of esters is 4. The third-order valence-electron chi connectivity index (χ3n) is 2.18. The van der Waals surface area contributed by atoms with Crippen LogP contribution in [0.25, 0.3) is 0 Å². The van der Waals surface area contributed by atoms with Gasteiger partial charge in [0.05, 0.1) is 13.2 Å². The van der Waals surface area contributed by atoms with E-state index in [2.05, 4.69) is 9.47 Å². The largest absolute Gasteiger partial charge is 0.463 e. The van der Waals surface area contributed by atoms with Gasteiger partial charge in [-0.2, -0.15) is 0 Å². The van der Waals surface area contributed by atoms with Crippen molar-refractivity contribution in [1.82, 2.24) is 0 Å². The van der Waals surface area contributed by atoms with Crippen LogP contribution in [0.2, 0.25) is 0 Å². The van der Waals surface area contributed by atoms with E-state index >= 15 is 0 Å². The van der Waals surface area contributed by atoms with Crippen LogP contribution >= 0.6 is 0 Å². The first kappa shape index (κ1) is 19.6. The third kappa shape index (κ3) is 8.03. The second kappa shape index (κ2) is 10.4. The zero-order chi connectivity index (χ0) is 17.1. The maximum atomic E-state index is 11.4. The Morgan fingerprint density at radius 1 is 0.773 bits per heavy atom. The van der Waals surface area contributed by atoms with Gasteiger partial charge in [0.2, 0.25) is 0 Å². The van der Waals surface area contributed by atoms with Gasteiger partial charge >= 0.3 is 23.9 Å². The molecule has 0 spiro atoms. The molecule has 2 unspecified atom stereocenters. The molecule has 8 nitrogen and oxygen atoms in total. The molecule has 2 atom stereocenters. The topological polar surface area (TPSA) is 105 Å². The predicted molar refractivity (Wildman–Crippen MR) is 73.5 cm³/mol. The maximum absolute atomic E-state index is 11.4. The molecule has 8 heteroatoms. The Morgan fingerprint density at radius 2 is 1.09 bits per heavy atom. The van der Waals surface area contributed by atoms with E-state index in [1.54, 1.807) is 13.8 Å². The third-order valence-corrected chi connectivity index (χ3v) is 2.18. The molecule has 124 valence electrons. The van der Waals surface area contributed by atoms with Gasteiger partial charge in [0.25, 0.3) is 0 Å². The average Bonchev–Trinajstić information content (AvgIpc) is 2.45. The van der Waals surface area contributed by atoms with Crippen LogP contribution in [-0.2, 0) is 38.1 Å². The van der Waals surface area contributed by atoms with Crippen molar-refractivity contribution in [3.8, 4) is 0 Å². The molecule has 0 aromatic heterocycles. The molecule has 0 rings (SSSR count). The number of carbonyl (C=O) groups is 4. The first-order valence-corrected chi connectivity index (χ1v) is 6.74. The quantitative estimate of drug-likeness (QED) is 0.363. The molecule has 0 radical (unpaired) electrons. The van der Waals surface area contributed by atoms with Gasteiger partial charge in [0, 0.05) is 12.2 Å². The highest BCUT2D eigenvalue weighted by atomic mass is 16.6. The standard InChI is InChI=1S/C14H20O8/c1-5-19-13(17)9(3)21-11(15)7-8-12(16)22-10(4)14(18)20-6-2/h7-10H,5-6H2,1-4H3/b8-7-. The number of hydrogen-bond acceptors (Lipinski definition) is 8. The average molecular weight is 316 g/mol. The van der Waals surface area contributed by atoms with Gasteiger partial charge in [-0.15, -0.1) is 0 Å². The molecule has 0 aromatic carbocycles. The molecule has 0 aromatic rings. The fraction of sp³-hybridized carbons (Fsp3) is 0.571. The van der Waals surface area contributed by atoms with E-state index in [4.69, 9.17) is 9.47 Å². The van der Waals surface area contributed by atoms with Crippen molar-refractivity contribution in [3.05, 3.63) is 12.2 Å². The van der Waals surface area contributed by atoms with Crippen LogP contribution in [0, 0.1) is 0 Å². The predicted octanol–water partition coefficient (Wildman–Crippen LogP) is 0.532. The maximum Gasteiger partial charge on any atom is 0.347 e. The van der Waals surface area contributed by atoms with Gasteiger partial charge in [0.15, 0.2) is 12.2 Å². The Kier molecular flexibility index (Phi) is 9.24. The second-order valence-electron chi connectivity index (χ2n) is 4.00. The highest BCUT2D eigenvalue weighted by Gasteiger charge is 2.19. The summed E-state index contributed by atoms with van der Waals surface area (Å²) >= 11 is 0. The zero-order valence-electron chi connectivity index (χ0n) is 13.0. The van der Waals surface area contributed by atoms with E-state index in [0.29, 0.717) is 0 Å². The minimum Gasteiger partial charge on any atom is -0.463 e. The number of carbonyl (C=O) groups excluding carboxylic acids is 4. The first-order chi connectivity index (χ1) is 10.3. The lowest BCUT2D eigenvalue weighted by atomic mass is 10.4. The Labute approximate surface area is 128 Å². The van der Waals surface area contributed by atoms with Gasteiger partial charge in [-0.25, -0.2) is 19.2 Å². The number of hydrogen-bond donors (Lipinski definition) is 0. The lowest BCUT2D eigenvalue weighted by Crippen LogP contribution is -2.26. The van der Waals surface area contributed by atoms with Crippen LogP contribution in [-0.4, -0.2) is 49.3 Å². The molecule has 22 heavy (non-hydrogen) atoms. The summed E-state index contributed by atoms with van der Waals surface area (Å²) in [4.78, 5) is 45.2. The van der Waals surface area contributed by atoms with Crippen LogP contribution in [0.15, 0.2) is 12.2 Å². The molecule has 0 aliphatic carbocycles. The fourth-order valence-corrected chi connectivity index (χ4v) is 1.18. The summed E-state index contributed by atoms with van der Waals surface area (Å²) in [7, 11) is 0. The second-order valence-corrected chi connectivity index (χ2v) is 4.00. The van der Waals surface area contributed by atoms with Crippen LogP contribution in [0.4, 0.5) is 0 Å². The molecule has 0 saturated carbocycles. The summed E-state index contributed by atoms with van der Waals surface area (Å²) < 4.78 is 18.7. The molecule has 0 bridgehead atoms. The van der Waals surface area contributed by atoms with E-state index < -0.39 is 36.1 Å². The molecule has 0 aliphatic heterocycles. The van der Waals surface area contributed by atoms with E-state index in [1.165, 1.54) is 13.8 Å². The normalized spacial score (nSPS) is 13.1. The van der Waals surface area contributed by atoms with Crippen molar-refractivity contribution in [1.29, 1.82) is 0 Å². The molecule has 0 heterocycles. The van der Waals surface area contributed by atoms with Crippen molar-refractivity contribution in [3.63, 3.8) is 0 Å². The minimum absolute atomic E-state index is 0.161. The van der Waals surface area contributed by atoms with E-state index in [1.807, 2.05) is 0 Å². The number of rotatable bonds is 8. The molecule has 0 saturated heterocycles. The van der Waals surface area contributed by atoms with Gasteiger partial charge in [-0.3, -0.25) is 0 Å². The van der Waals surface area contributed by atoms with Crippen LogP contribution in [0.1, 0.15) is 27.7 Å². The summed E-state index contributed by atoms with van der Waals surface area (Å²) in [6.07, 6.45) is -0.607. The Morgan fingerprint density at radius 3 is 1.36 bits per heavy atom. The highest BCUT2D eigenvalue weighted by molar-refractivity contribution is 5.93. The van der Waals surface area contributed by atoms with Crippen molar-refractivity contribution in [2.75, 3.05) is 13.2 Å². The summed E-state index contributed by atoms with van der Waals surface area (Å²) in [6, 6.07) is 0. The van der Waals surface area contributed by atoms with Crippen molar-refractivity contribution >= 4 is 23.9 Å². The molecule has 0 amide bonds. The Balaban J connectivity index is 4.29. The van der Waals surface area contributed by atoms with E-state index in [9.17, 15) is 19.2 Å². The Bertz CT molecular complexity index is 400. The first-order valence-electron chi connectivity index (χ1n) is 6.74. The van der Waals surface area contributed by atoms with Gasteiger partial charge in [0.1, 0.15) is 0 Å². The Hall–Kier alpha value is -2.38. The lowest BCUT2D eigenvalue weighted by molar-refractivity contribution is -0.164. The van der Waals surface area contributed by atoms with E-state index in [0.717, 1.165) is 12.2 Å². The van der Waals surface area contributed by atoms with Crippen LogP contribution in [0.3, 0.4) is 0 Å². The lowest BCUT2D eigenvalue weighted by Gasteiger charge is -2.11. The molecule has 0 fully saturated rings. The van der Waals surface area contributed by atoms with Gasteiger partial charge < -0.3 is 18.9 Å². The fourth-order valence-electron chi connectivity index (χ4n) is 1.18.